The van der Waals surface area contributed by atoms with E-state index in [0.29, 0.717) is 0 Å². The van der Waals surface area contributed by atoms with Crippen LogP contribution < -0.4 is 5.73 Å². The number of nitrogens with zero attached hydrogens (tertiary/aromatic N) is 1. The summed E-state index contributed by atoms with van der Waals surface area (Å²) in [7, 11) is 1.46. The number of thiophene rings is 1. The van der Waals surface area contributed by atoms with Crippen LogP contribution >= 0.6 is 11.3 Å². The van der Waals surface area contributed by atoms with Crippen molar-refractivity contribution < 1.29 is 13.2 Å². The fourth-order valence-corrected chi connectivity index (χ4v) is 3.12. The van der Waals surface area contributed by atoms with E-state index in [9.17, 15) is 13.2 Å². The third-order valence-corrected chi connectivity index (χ3v) is 3.66. The van der Waals surface area contributed by atoms with Crippen LogP contribution in [-0.2, 0) is 0 Å². The zero-order valence-electron chi connectivity index (χ0n) is 10.1. The molecule has 0 radical (unpaired) electrons. The summed E-state index contributed by atoms with van der Waals surface area (Å²) >= 11 is 1.45. The molecule has 0 amide bonds. The molecule has 0 aliphatic carbocycles. The van der Waals surface area contributed by atoms with E-state index in [1.807, 2.05) is 18.4 Å². The third-order valence-electron chi connectivity index (χ3n) is 2.57. The van der Waals surface area contributed by atoms with Crippen LogP contribution in [0.5, 0.6) is 0 Å². The molecule has 1 heterocycles. The van der Waals surface area contributed by atoms with Crippen LogP contribution in [0.4, 0.5) is 13.2 Å². The number of hydrogen-bond donors (Lipinski definition) is 1. The van der Waals surface area contributed by atoms with Gasteiger partial charge in [0.1, 0.15) is 0 Å². The summed E-state index contributed by atoms with van der Waals surface area (Å²) in [6, 6.07) is 1.16. The van der Waals surface area contributed by atoms with Gasteiger partial charge in [0.2, 0.25) is 0 Å². The lowest BCUT2D eigenvalue weighted by Gasteiger charge is -2.31. The van der Waals surface area contributed by atoms with Crippen molar-refractivity contribution in [1.82, 2.24) is 4.90 Å². The molecular formula is C11H17F3N2S. The average molecular weight is 266 g/mol. The van der Waals surface area contributed by atoms with Gasteiger partial charge in [-0.1, -0.05) is 0 Å². The van der Waals surface area contributed by atoms with Gasteiger partial charge in [0, 0.05) is 10.9 Å². The highest BCUT2D eigenvalue weighted by molar-refractivity contribution is 7.10. The molecule has 2 atom stereocenters. The van der Waals surface area contributed by atoms with E-state index in [2.05, 4.69) is 0 Å². The third kappa shape index (κ3) is 3.97. The number of alkyl halides is 3. The van der Waals surface area contributed by atoms with Gasteiger partial charge < -0.3 is 5.73 Å². The summed E-state index contributed by atoms with van der Waals surface area (Å²) in [4.78, 5) is 2.18. The van der Waals surface area contributed by atoms with E-state index in [1.165, 1.54) is 23.3 Å². The lowest BCUT2D eigenvalue weighted by atomic mass is 10.0. The highest BCUT2D eigenvalue weighted by Crippen LogP contribution is 2.31. The Balaban J connectivity index is 2.91. The lowest BCUT2D eigenvalue weighted by Crippen LogP contribution is -2.41. The number of nitrogens with two attached hydrogens (primary N) is 1. The molecule has 0 bridgehead atoms. The van der Waals surface area contributed by atoms with Crippen LogP contribution in [0.3, 0.4) is 0 Å². The average Bonchev–Trinajstić information content (AvgIpc) is 2.48. The Morgan fingerprint density at radius 1 is 1.47 bits per heavy atom. The molecule has 98 valence electrons. The zero-order chi connectivity index (χ0) is 13.2. The molecule has 0 aliphatic rings. The number of aryl methyl sites for hydroxylation is 1. The van der Waals surface area contributed by atoms with Crippen molar-refractivity contribution in [3.63, 3.8) is 0 Å². The van der Waals surface area contributed by atoms with Crippen molar-refractivity contribution in [3.8, 4) is 0 Å². The first-order valence-electron chi connectivity index (χ1n) is 5.29. The number of hydrogen-bond acceptors (Lipinski definition) is 3. The summed E-state index contributed by atoms with van der Waals surface area (Å²) in [5.74, 6) is 0. The topological polar surface area (TPSA) is 29.3 Å². The van der Waals surface area contributed by atoms with Crippen molar-refractivity contribution in [2.24, 2.45) is 5.73 Å². The Morgan fingerprint density at radius 2 is 2.06 bits per heavy atom. The Labute approximate surface area is 103 Å². The molecule has 2 unspecified atom stereocenters. The normalized spacial score (nSPS) is 16.2. The van der Waals surface area contributed by atoms with Gasteiger partial charge in [0.15, 0.2) is 0 Å². The van der Waals surface area contributed by atoms with E-state index in [4.69, 9.17) is 5.73 Å². The molecule has 0 saturated heterocycles. The number of likely N-dealkylation sites (N-methyl/N-ethyl adjacent to an activating group) is 1. The fourth-order valence-electron chi connectivity index (χ4n) is 1.91. The standard InChI is InChI=1S/C11H17F3N2S/c1-7-4-5-17-10(7)9(8(2)15)16(3)6-11(12,13)14/h4-5,8-9H,6,15H2,1-3H3. The van der Waals surface area contributed by atoms with Gasteiger partial charge in [-0.05, 0) is 37.9 Å². The predicted octanol–water partition coefficient (Wildman–Crippen LogP) is 2.94. The van der Waals surface area contributed by atoms with Crippen LogP contribution in [0.25, 0.3) is 0 Å². The maximum absolute atomic E-state index is 12.4. The van der Waals surface area contributed by atoms with E-state index >= 15 is 0 Å². The predicted molar refractivity (Wildman–Crippen MR) is 64.1 cm³/mol. The second-order valence-corrected chi connectivity index (χ2v) is 5.25. The molecule has 6 heteroatoms. The first kappa shape index (κ1) is 14.5. The summed E-state index contributed by atoms with van der Waals surface area (Å²) in [5.41, 5.74) is 6.81. The smallest absolute Gasteiger partial charge is 0.326 e. The van der Waals surface area contributed by atoms with Gasteiger partial charge in [-0.15, -0.1) is 11.3 Å². The second-order valence-electron chi connectivity index (χ2n) is 4.30. The largest absolute Gasteiger partial charge is 0.401 e. The highest BCUT2D eigenvalue weighted by atomic mass is 32.1. The maximum atomic E-state index is 12.4. The van der Waals surface area contributed by atoms with E-state index < -0.39 is 18.8 Å². The molecular weight excluding hydrogens is 249 g/mol. The molecule has 1 aromatic heterocycles. The minimum atomic E-state index is -4.20. The molecule has 0 aliphatic heterocycles. The molecule has 1 rings (SSSR count). The molecule has 0 saturated carbocycles. The van der Waals surface area contributed by atoms with Crippen LogP contribution in [-0.4, -0.2) is 30.7 Å². The Morgan fingerprint density at radius 3 is 2.41 bits per heavy atom. The quantitative estimate of drug-likeness (QED) is 0.908. The van der Waals surface area contributed by atoms with Crippen molar-refractivity contribution in [2.45, 2.75) is 32.1 Å². The monoisotopic (exact) mass is 266 g/mol. The second kappa shape index (κ2) is 5.37. The van der Waals surface area contributed by atoms with Crippen LogP contribution in [0.2, 0.25) is 0 Å². The first-order chi connectivity index (χ1) is 7.72. The van der Waals surface area contributed by atoms with Crippen LogP contribution in [0.15, 0.2) is 11.4 Å². The Bertz CT molecular complexity index is 360. The fraction of sp³-hybridized carbons (Fsp3) is 0.636. The van der Waals surface area contributed by atoms with E-state index in [1.54, 1.807) is 6.92 Å². The molecule has 1 aromatic rings. The van der Waals surface area contributed by atoms with Crippen molar-refractivity contribution in [2.75, 3.05) is 13.6 Å². The van der Waals surface area contributed by atoms with Crippen molar-refractivity contribution in [3.05, 3.63) is 21.9 Å². The SMILES string of the molecule is Cc1ccsc1C(C(C)N)N(C)CC(F)(F)F. The number of halogens is 3. The van der Waals surface area contributed by atoms with Gasteiger partial charge in [-0.25, -0.2) is 0 Å². The lowest BCUT2D eigenvalue weighted by molar-refractivity contribution is -0.148. The van der Waals surface area contributed by atoms with Gasteiger partial charge in [-0.3, -0.25) is 4.90 Å². The molecule has 0 aromatic carbocycles. The van der Waals surface area contributed by atoms with Crippen LogP contribution in [0, 0.1) is 6.92 Å². The van der Waals surface area contributed by atoms with Gasteiger partial charge in [-0.2, -0.15) is 13.2 Å². The first-order valence-corrected chi connectivity index (χ1v) is 6.17. The van der Waals surface area contributed by atoms with Crippen LogP contribution in [0.1, 0.15) is 23.4 Å². The highest BCUT2D eigenvalue weighted by Gasteiger charge is 2.34. The summed E-state index contributed by atoms with van der Waals surface area (Å²) in [5, 5.41) is 1.88. The van der Waals surface area contributed by atoms with Gasteiger partial charge in [0.25, 0.3) is 0 Å². The summed E-state index contributed by atoms with van der Waals surface area (Å²) in [6.07, 6.45) is -4.20. The summed E-state index contributed by atoms with van der Waals surface area (Å²) in [6.45, 7) is 2.68. The molecule has 2 N–H and O–H groups in total. The molecule has 0 spiro atoms. The number of rotatable bonds is 4. The molecule has 0 fully saturated rings. The van der Waals surface area contributed by atoms with Crippen molar-refractivity contribution in [1.29, 1.82) is 0 Å². The van der Waals surface area contributed by atoms with Gasteiger partial charge >= 0.3 is 6.18 Å². The molecule has 2 nitrogen and oxygen atoms in total. The van der Waals surface area contributed by atoms with Crippen molar-refractivity contribution >= 4 is 11.3 Å². The van der Waals surface area contributed by atoms with Gasteiger partial charge in [0.05, 0.1) is 12.6 Å². The maximum Gasteiger partial charge on any atom is 0.401 e. The summed E-state index contributed by atoms with van der Waals surface area (Å²) < 4.78 is 37.2. The zero-order valence-corrected chi connectivity index (χ0v) is 10.9. The minimum Gasteiger partial charge on any atom is -0.326 e. The van der Waals surface area contributed by atoms with E-state index in [-0.39, 0.29) is 6.04 Å². The van der Waals surface area contributed by atoms with E-state index in [0.717, 1.165) is 10.4 Å². The Kier molecular flexibility index (Phi) is 4.57. The minimum absolute atomic E-state index is 0.348. The Hall–Kier alpha value is -0.590. The molecule has 17 heavy (non-hydrogen) atoms.